The Morgan fingerprint density at radius 2 is 1.74 bits per heavy atom. The van der Waals surface area contributed by atoms with Gasteiger partial charge in [0.1, 0.15) is 12.4 Å². The Kier molecular flexibility index (Phi) is 11.5. The summed E-state index contributed by atoms with van der Waals surface area (Å²) in [5.41, 5.74) is 2.37. The summed E-state index contributed by atoms with van der Waals surface area (Å²) in [5.74, 6) is 1.63. The Bertz CT molecular complexity index is 678. The number of rotatable bonds is 9. The van der Waals surface area contributed by atoms with Crippen LogP contribution in [0, 0.1) is 0 Å². The van der Waals surface area contributed by atoms with Crippen LogP contribution in [0.25, 0.3) is 0 Å². The summed E-state index contributed by atoms with van der Waals surface area (Å²) in [6.07, 6.45) is 0.234. The van der Waals surface area contributed by atoms with E-state index in [2.05, 4.69) is 39.9 Å². The van der Waals surface area contributed by atoms with E-state index < -0.39 is 0 Å². The molecule has 2 N–H and O–H groups in total. The molecule has 0 saturated carbocycles. The van der Waals surface area contributed by atoms with Crippen molar-refractivity contribution in [3.8, 4) is 5.75 Å². The molecule has 0 bridgehead atoms. The second-order valence-corrected chi connectivity index (χ2v) is 6.19. The molecule has 0 saturated heterocycles. The zero-order chi connectivity index (χ0) is 18.6. The number of halogens is 1. The molecule has 0 amide bonds. The highest BCUT2D eigenvalue weighted by Crippen LogP contribution is 2.08. The highest BCUT2D eigenvalue weighted by Gasteiger charge is 2.01. The minimum absolute atomic E-state index is 0. The fraction of sp³-hybridized carbons (Fsp3) is 0.381. The number of hydrogen-bond donors (Lipinski definition) is 2. The van der Waals surface area contributed by atoms with Gasteiger partial charge in [-0.05, 0) is 37.1 Å². The van der Waals surface area contributed by atoms with Crippen molar-refractivity contribution in [3.05, 3.63) is 65.7 Å². The van der Waals surface area contributed by atoms with Gasteiger partial charge in [0.15, 0.2) is 5.96 Å². The number of ether oxygens (including phenoxy) is 2. The average Bonchev–Trinajstić information content (AvgIpc) is 2.67. The Balaban J connectivity index is 0.00000364. The second-order valence-electron chi connectivity index (χ2n) is 6.19. The third kappa shape index (κ3) is 9.63. The quantitative estimate of drug-likeness (QED) is 0.245. The number of hydrogen-bond acceptors (Lipinski definition) is 3. The van der Waals surface area contributed by atoms with Crippen LogP contribution >= 0.6 is 24.0 Å². The Morgan fingerprint density at radius 1 is 1.00 bits per heavy atom. The summed E-state index contributed by atoms with van der Waals surface area (Å²) >= 11 is 0. The number of para-hydroxylation sites is 1. The summed E-state index contributed by atoms with van der Waals surface area (Å²) in [6, 6.07) is 18.2. The van der Waals surface area contributed by atoms with Crippen molar-refractivity contribution in [1.82, 2.24) is 10.6 Å². The maximum Gasteiger partial charge on any atom is 0.191 e. The van der Waals surface area contributed by atoms with Gasteiger partial charge >= 0.3 is 0 Å². The molecule has 0 aliphatic rings. The lowest BCUT2D eigenvalue weighted by atomic mass is 10.1. The predicted octanol–water partition coefficient (Wildman–Crippen LogP) is 3.97. The highest BCUT2D eigenvalue weighted by molar-refractivity contribution is 14.0. The van der Waals surface area contributed by atoms with Gasteiger partial charge in [-0.25, -0.2) is 0 Å². The topological polar surface area (TPSA) is 54.9 Å². The standard InChI is InChI=1S/C21H29N3O2.HI/c1-17(2)26-16-19-9-7-8-18(14-19)15-24-21(22-3)23-12-13-25-20-10-5-4-6-11-20;/h4-11,14,17H,12-13,15-16H2,1-3H3,(H2,22,23,24);1H. The minimum atomic E-state index is 0. The fourth-order valence-electron chi connectivity index (χ4n) is 2.35. The van der Waals surface area contributed by atoms with Crippen molar-refractivity contribution < 1.29 is 9.47 Å². The third-order valence-electron chi connectivity index (χ3n) is 3.66. The van der Waals surface area contributed by atoms with E-state index in [1.165, 1.54) is 11.1 Å². The zero-order valence-corrected chi connectivity index (χ0v) is 18.6. The Morgan fingerprint density at radius 3 is 2.44 bits per heavy atom. The summed E-state index contributed by atoms with van der Waals surface area (Å²) in [5, 5.41) is 6.57. The van der Waals surface area contributed by atoms with Crippen LogP contribution in [0.5, 0.6) is 5.75 Å². The first kappa shape index (κ1) is 23.2. The van der Waals surface area contributed by atoms with Crippen LogP contribution in [0.1, 0.15) is 25.0 Å². The molecule has 0 aromatic heterocycles. The highest BCUT2D eigenvalue weighted by atomic mass is 127. The normalized spacial score (nSPS) is 11.0. The lowest BCUT2D eigenvalue weighted by molar-refractivity contribution is 0.0657. The van der Waals surface area contributed by atoms with Gasteiger partial charge in [0.2, 0.25) is 0 Å². The molecule has 0 atom stereocenters. The van der Waals surface area contributed by atoms with Gasteiger partial charge in [0, 0.05) is 13.6 Å². The van der Waals surface area contributed by atoms with Crippen LogP contribution in [0.3, 0.4) is 0 Å². The van der Waals surface area contributed by atoms with Gasteiger partial charge < -0.3 is 20.1 Å². The predicted molar refractivity (Wildman–Crippen MR) is 122 cm³/mol. The number of aliphatic imine (C=N–C) groups is 1. The lowest BCUT2D eigenvalue weighted by Crippen LogP contribution is -2.38. The van der Waals surface area contributed by atoms with Gasteiger partial charge in [-0.1, -0.05) is 42.5 Å². The van der Waals surface area contributed by atoms with E-state index in [1.807, 2.05) is 44.2 Å². The van der Waals surface area contributed by atoms with Crippen molar-refractivity contribution in [2.75, 3.05) is 20.2 Å². The molecule has 0 spiro atoms. The maximum absolute atomic E-state index is 5.67. The molecule has 148 valence electrons. The van der Waals surface area contributed by atoms with Crippen LogP contribution in [0.4, 0.5) is 0 Å². The Hall–Kier alpha value is -1.80. The van der Waals surface area contributed by atoms with E-state index >= 15 is 0 Å². The summed E-state index contributed by atoms with van der Waals surface area (Å²) in [7, 11) is 1.76. The van der Waals surface area contributed by atoms with Crippen LogP contribution in [0.15, 0.2) is 59.6 Å². The van der Waals surface area contributed by atoms with Crippen molar-refractivity contribution in [2.45, 2.75) is 33.1 Å². The first-order chi connectivity index (χ1) is 12.7. The molecule has 0 heterocycles. The van der Waals surface area contributed by atoms with Crippen LogP contribution in [-0.4, -0.2) is 32.3 Å². The molecular formula is C21H30IN3O2. The van der Waals surface area contributed by atoms with E-state index in [-0.39, 0.29) is 30.1 Å². The number of guanidine groups is 1. The summed E-state index contributed by atoms with van der Waals surface area (Å²) < 4.78 is 11.3. The summed E-state index contributed by atoms with van der Waals surface area (Å²) in [4.78, 5) is 4.24. The van der Waals surface area contributed by atoms with Gasteiger partial charge in [0.25, 0.3) is 0 Å². The molecule has 27 heavy (non-hydrogen) atoms. The molecule has 2 rings (SSSR count). The number of nitrogens with zero attached hydrogens (tertiary/aromatic N) is 1. The molecule has 0 fully saturated rings. The van der Waals surface area contributed by atoms with E-state index in [9.17, 15) is 0 Å². The fourth-order valence-corrected chi connectivity index (χ4v) is 2.35. The second kappa shape index (κ2) is 13.4. The molecule has 5 nitrogen and oxygen atoms in total. The van der Waals surface area contributed by atoms with Crippen LogP contribution in [-0.2, 0) is 17.9 Å². The minimum Gasteiger partial charge on any atom is -0.492 e. The number of nitrogens with one attached hydrogen (secondary N) is 2. The lowest BCUT2D eigenvalue weighted by Gasteiger charge is -2.13. The van der Waals surface area contributed by atoms with Gasteiger partial charge in [-0.15, -0.1) is 24.0 Å². The largest absolute Gasteiger partial charge is 0.492 e. The molecule has 0 aliphatic heterocycles. The van der Waals surface area contributed by atoms with Crippen molar-refractivity contribution >= 4 is 29.9 Å². The smallest absolute Gasteiger partial charge is 0.191 e. The monoisotopic (exact) mass is 483 g/mol. The maximum atomic E-state index is 5.67. The zero-order valence-electron chi connectivity index (χ0n) is 16.3. The van der Waals surface area contributed by atoms with E-state index in [0.29, 0.717) is 26.3 Å². The molecule has 2 aromatic carbocycles. The summed E-state index contributed by atoms with van der Waals surface area (Å²) in [6.45, 7) is 6.68. The van der Waals surface area contributed by atoms with Gasteiger partial charge in [0.05, 0.1) is 19.3 Å². The van der Waals surface area contributed by atoms with E-state index in [4.69, 9.17) is 9.47 Å². The SMILES string of the molecule is CN=C(NCCOc1ccccc1)NCc1cccc(COC(C)C)c1.I. The van der Waals surface area contributed by atoms with Gasteiger partial charge in [-0.2, -0.15) is 0 Å². The molecule has 0 aliphatic carbocycles. The average molecular weight is 483 g/mol. The van der Waals surface area contributed by atoms with Gasteiger partial charge in [-0.3, -0.25) is 4.99 Å². The molecule has 0 unspecified atom stereocenters. The Labute approximate surface area is 179 Å². The first-order valence-corrected chi connectivity index (χ1v) is 8.99. The van der Waals surface area contributed by atoms with Crippen LogP contribution in [0.2, 0.25) is 0 Å². The van der Waals surface area contributed by atoms with E-state index in [1.54, 1.807) is 7.05 Å². The molecule has 6 heteroatoms. The van der Waals surface area contributed by atoms with Crippen molar-refractivity contribution in [1.29, 1.82) is 0 Å². The number of benzene rings is 2. The molecule has 2 aromatic rings. The first-order valence-electron chi connectivity index (χ1n) is 8.99. The van der Waals surface area contributed by atoms with E-state index in [0.717, 1.165) is 11.7 Å². The van der Waals surface area contributed by atoms with Crippen molar-refractivity contribution in [2.24, 2.45) is 4.99 Å². The molecule has 0 radical (unpaired) electrons. The molecular weight excluding hydrogens is 453 g/mol. The van der Waals surface area contributed by atoms with Crippen LogP contribution < -0.4 is 15.4 Å². The van der Waals surface area contributed by atoms with Crippen molar-refractivity contribution in [3.63, 3.8) is 0 Å². The third-order valence-corrected chi connectivity index (χ3v) is 3.66.